The molecule has 2 heterocycles. The maximum atomic E-state index is 4.64. The van der Waals surface area contributed by atoms with Gasteiger partial charge in [0.2, 0.25) is 5.95 Å². The molecule has 0 bridgehead atoms. The van der Waals surface area contributed by atoms with Crippen molar-refractivity contribution >= 4 is 11.8 Å². The summed E-state index contributed by atoms with van der Waals surface area (Å²) in [5.41, 5.74) is 1.03. The Bertz CT molecular complexity index is 403. The van der Waals surface area contributed by atoms with Gasteiger partial charge in [0.15, 0.2) is 0 Å². The summed E-state index contributed by atoms with van der Waals surface area (Å²) >= 11 is 0. The summed E-state index contributed by atoms with van der Waals surface area (Å²) in [6.07, 6.45) is 2.59. The summed E-state index contributed by atoms with van der Waals surface area (Å²) in [6.45, 7) is 10.8. The minimum atomic E-state index is 0.361. The lowest BCUT2D eigenvalue weighted by atomic mass is 10.0. The fraction of sp³-hybridized carbons (Fsp3) is 0.714. The molecule has 0 radical (unpaired) electrons. The maximum absolute atomic E-state index is 4.64. The van der Waals surface area contributed by atoms with Gasteiger partial charge < -0.3 is 10.2 Å². The van der Waals surface area contributed by atoms with E-state index in [1.165, 1.54) is 12.8 Å². The van der Waals surface area contributed by atoms with Gasteiger partial charge in [0.25, 0.3) is 0 Å². The van der Waals surface area contributed by atoms with Crippen molar-refractivity contribution in [1.29, 1.82) is 0 Å². The highest BCUT2D eigenvalue weighted by atomic mass is 15.2. The van der Waals surface area contributed by atoms with Crippen LogP contribution >= 0.6 is 0 Å². The molecule has 0 amide bonds. The topological polar surface area (TPSA) is 41.1 Å². The first-order chi connectivity index (χ1) is 8.54. The van der Waals surface area contributed by atoms with Gasteiger partial charge in [-0.25, -0.2) is 4.98 Å². The molecule has 0 aromatic carbocycles. The molecule has 2 rings (SSSR count). The lowest BCUT2D eigenvalue weighted by Gasteiger charge is -2.32. The number of aryl methyl sites for hydroxylation is 1. The van der Waals surface area contributed by atoms with Gasteiger partial charge in [0.1, 0.15) is 5.82 Å². The Balaban J connectivity index is 2.18. The van der Waals surface area contributed by atoms with Gasteiger partial charge in [0.05, 0.1) is 0 Å². The molecule has 100 valence electrons. The first-order valence-electron chi connectivity index (χ1n) is 6.92. The zero-order chi connectivity index (χ0) is 13.1. The third-order valence-electron chi connectivity index (χ3n) is 3.24. The number of aromatic nitrogens is 2. The maximum Gasteiger partial charge on any atom is 0.225 e. The van der Waals surface area contributed by atoms with Crippen LogP contribution < -0.4 is 10.2 Å². The first-order valence-corrected chi connectivity index (χ1v) is 6.92. The summed E-state index contributed by atoms with van der Waals surface area (Å²) in [6, 6.07) is 2.45. The molecule has 1 aliphatic rings. The normalized spacial score (nSPS) is 20.3. The fourth-order valence-electron chi connectivity index (χ4n) is 2.43. The van der Waals surface area contributed by atoms with E-state index in [0.717, 1.165) is 36.5 Å². The Labute approximate surface area is 110 Å². The van der Waals surface area contributed by atoms with Crippen LogP contribution in [0.2, 0.25) is 0 Å². The second-order valence-electron chi connectivity index (χ2n) is 5.68. The van der Waals surface area contributed by atoms with Crippen molar-refractivity contribution in [3.63, 3.8) is 0 Å². The minimum Gasteiger partial charge on any atom is -0.356 e. The van der Waals surface area contributed by atoms with Crippen molar-refractivity contribution in [3.05, 3.63) is 11.8 Å². The van der Waals surface area contributed by atoms with Crippen molar-refractivity contribution in [3.8, 4) is 0 Å². The highest BCUT2D eigenvalue weighted by molar-refractivity contribution is 5.45. The molecular formula is C14H24N4. The van der Waals surface area contributed by atoms with Gasteiger partial charge in [0, 0.05) is 30.9 Å². The number of anilines is 2. The van der Waals surface area contributed by atoms with Gasteiger partial charge in [-0.05, 0) is 39.5 Å². The number of nitrogens with one attached hydrogen (secondary N) is 1. The molecule has 1 atom stereocenters. The van der Waals surface area contributed by atoms with E-state index >= 15 is 0 Å². The molecule has 18 heavy (non-hydrogen) atoms. The quantitative estimate of drug-likeness (QED) is 0.893. The van der Waals surface area contributed by atoms with E-state index in [4.69, 9.17) is 0 Å². The first kappa shape index (κ1) is 13.1. The number of piperidine rings is 1. The van der Waals surface area contributed by atoms with E-state index in [9.17, 15) is 0 Å². The van der Waals surface area contributed by atoms with E-state index in [1.807, 2.05) is 6.92 Å². The van der Waals surface area contributed by atoms with Crippen LogP contribution in [-0.4, -0.2) is 29.1 Å². The Morgan fingerprint density at radius 1 is 1.39 bits per heavy atom. The molecule has 1 aliphatic heterocycles. The van der Waals surface area contributed by atoms with Crippen LogP contribution in [-0.2, 0) is 0 Å². The lowest BCUT2D eigenvalue weighted by molar-refractivity contribution is 0.444. The molecule has 0 saturated carbocycles. The molecule has 1 N–H and O–H groups in total. The predicted molar refractivity (Wildman–Crippen MR) is 76.1 cm³/mol. The monoisotopic (exact) mass is 248 g/mol. The van der Waals surface area contributed by atoms with Crippen LogP contribution in [0.15, 0.2) is 6.07 Å². The van der Waals surface area contributed by atoms with Gasteiger partial charge >= 0.3 is 0 Å². The highest BCUT2D eigenvalue weighted by Crippen LogP contribution is 2.22. The van der Waals surface area contributed by atoms with Crippen LogP contribution in [0.25, 0.3) is 0 Å². The Kier molecular flexibility index (Phi) is 4.04. The van der Waals surface area contributed by atoms with E-state index in [1.54, 1.807) is 0 Å². The number of hydrogen-bond donors (Lipinski definition) is 1. The molecule has 1 unspecified atom stereocenters. The molecule has 1 fully saturated rings. The number of hydrogen-bond acceptors (Lipinski definition) is 4. The summed E-state index contributed by atoms with van der Waals surface area (Å²) in [7, 11) is 0. The predicted octanol–water partition coefficient (Wildman–Crippen LogP) is 2.84. The zero-order valence-corrected chi connectivity index (χ0v) is 11.9. The van der Waals surface area contributed by atoms with Crippen molar-refractivity contribution in [1.82, 2.24) is 9.97 Å². The Morgan fingerprint density at radius 3 is 2.83 bits per heavy atom. The summed E-state index contributed by atoms with van der Waals surface area (Å²) in [5.74, 6) is 2.57. The summed E-state index contributed by atoms with van der Waals surface area (Å²) in [5, 5.41) is 3.29. The lowest BCUT2D eigenvalue weighted by Crippen LogP contribution is -2.35. The van der Waals surface area contributed by atoms with Crippen molar-refractivity contribution in [2.75, 3.05) is 23.3 Å². The second kappa shape index (κ2) is 5.55. The molecular weight excluding hydrogens is 224 g/mol. The Hall–Kier alpha value is -1.32. The van der Waals surface area contributed by atoms with Crippen molar-refractivity contribution < 1.29 is 0 Å². The largest absolute Gasteiger partial charge is 0.356 e. The molecule has 0 aliphatic carbocycles. The second-order valence-corrected chi connectivity index (χ2v) is 5.68. The van der Waals surface area contributed by atoms with Gasteiger partial charge in [-0.1, -0.05) is 6.92 Å². The van der Waals surface area contributed by atoms with Crippen molar-refractivity contribution in [2.24, 2.45) is 5.92 Å². The van der Waals surface area contributed by atoms with Gasteiger partial charge in [-0.15, -0.1) is 0 Å². The van der Waals surface area contributed by atoms with Crippen LogP contribution in [0.1, 0.15) is 39.3 Å². The SMILES string of the molecule is Cc1cc(N2CCCC(C)C2)nc(NC(C)C)n1. The molecule has 4 nitrogen and oxygen atoms in total. The van der Waals surface area contributed by atoms with Crippen LogP contribution in [0.5, 0.6) is 0 Å². The molecule has 0 spiro atoms. The molecule has 4 heteroatoms. The zero-order valence-electron chi connectivity index (χ0n) is 11.9. The average Bonchev–Trinajstić information content (AvgIpc) is 2.27. The van der Waals surface area contributed by atoms with E-state index in [0.29, 0.717) is 6.04 Å². The Morgan fingerprint density at radius 2 is 2.17 bits per heavy atom. The van der Waals surface area contributed by atoms with Crippen LogP contribution in [0.4, 0.5) is 11.8 Å². The standard InChI is InChI=1S/C14H24N4/c1-10(2)15-14-16-12(4)8-13(17-14)18-7-5-6-11(3)9-18/h8,10-11H,5-7,9H2,1-4H3,(H,15,16,17). The average molecular weight is 248 g/mol. The van der Waals surface area contributed by atoms with E-state index in [2.05, 4.69) is 47.0 Å². The third-order valence-corrected chi connectivity index (χ3v) is 3.24. The van der Waals surface area contributed by atoms with Gasteiger partial charge in [-0.2, -0.15) is 4.98 Å². The molecule has 1 aromatic heterocycles. The molecule has 1 saturated heterocycles. The van der Waals surface area contributed by atoms with E-state index in [-0.39, 0.29) is 0 Å². The molecule has 1 aromatic rings. The van der Waals surface area contributed by atoms with Crippen LogP contribution in [0.3, 0.4) is 0 Å². The highest BCUT2D eigenvalue weighted by Gasteiger charge is 2.18. The van der Waals surface area contributed by atoms with E-state index < -0.39 is 0 Å². The smallest absolute Gasteiger partial charge is 0.225 e. The summed E-state index contributed by atoms with van der Waals surface area (Å²) in [4.78, 5) is 11.5. The number of rotatable bonds is 3. The van der Waals surface area contributed by atoms with Crippen LogP contribution in [0, 0.1) is 12.8 Å². The fourth-order valence-corrected chi connectivity index (χ4v) is 2.43. The number of nitrogens with zero attached hydrogens (tertiary/aromatic N) is 3. The third kappa shape index (κ3) is 3.34. The van der Waals surface area contributed by atoms with Crippen molar-refractivity contribution in [2.45, 2.75) is 46.6 Å². The summed E-state index contributed by atoms with van der Waals surface area (Å²) < 4.78 is 0. The minimum absolute atomic E-state index is 0.361. The van der Waals surface area contributed by atoms with Gasteiger partial charge in [-0.3, -0.25) is 0 Å².